The Morgan fingerprint density at radius 2 is 1.47 bits per heavy atom. The molecular formula is C30H32ClN3O2. The van der Waals surface area contributed by atoms with Crippen molar-refractivity contribution in [2.45, 2.75) is 12.0 Å². The van der Waals surface area contributed by atoms with Crippen LogP contribution in [0, 0.1) is 0 Å². The molecule has 0 bridgehead atoms. The van der Waals surface area contributed by atoms with Gasteiger partial charge in [-0.15, -0.1) is 0 Å². The van der Waals surface area contributed by atoms with Crippen LogP contribution in [0.3, 0.4) is 0 Å². The molecular weight excluding hydrogens is 470 g/mol. The smallest absolute Gasteiger partial charge is 0.128 e. The van der Waals surface area contributed by atoms with Gasteiger partial charge in [-0.2, -0.15) is 0 Å². The van der Waals surface area contributed by atoms with Crippen LogP contribution < -0.4 is 4.74 Å². The molecule has 1 aromatic heterocycles. The summed E-state index contributed by atoms with van der Waals surface area (Å²) in [4.78, 5) is 9.22. The van der Waals surface area contributed by atoms with Crippen LogP contribution in [-0.2, 0) is 0 Å². The highest BCUT2D eigenvalue weighted by Gasteiger charge is 2.23. The Kier molecular flexibility index (Phi) is 8.14. The molecule has 186 valence electrons. The predicted octanol–water partition coefficient (Wildman–Crippen LogP) is 5.08. The molecule has 4 aromatic rings. The van der Waals surface area contributed by atoms with E-state index in [1.54, 1.807) is 6.20 Å². The fourth-order valence-electron chi connectivity index (χ4n) is 4.93. The first kappa shape index (κ1) is 24.7. The lowest BCUT2D eigenvalue weighted by Crippen LogP contribution is -2.50. The van der Waals surface area contributed by atoms with Gasteiger partial charge in [-0.05, 0) is 47.5 Å². The van der Waals surface area contributed by atoms with Gasteiger partial charge in [0, 0.05) is 61.8 Å². The van der Waals surface area contributed by atoms with E-state index in [0.717, 1.165) is 54.4 Å². The molecule has 0 spiro atoms. The predicted molar refractivity (Wildman–Crippen MR) is 146 cm³/mol. The third-order valence-corrected chi connectivity index (χ3v) is 7.14. The molecule has 0 radical (unpaired) electrons. The van der Waals surface area contributed by atoms with Crippen LogP contribution in [0.1, 0.15) is 17.0 Å². The fourth-order valence-corrected chi connectivity index (χ4v) is 5.06. The molecule has 2 unspecified atom stereocenters. The summed E-state index contributed by atoms with van der Waals surface area (Å²) >= 11 is 6.15. The monoisotopic (exact) mass is 501 g/mol. The zero-order chi connectivity index (χ0) is 24.7. The van der Waals surface area contributed by atoms with Crippen molar-refractivity contribution in [1.29, 1.82) is 0 Å². The quantitative estimate of drug-likeness (QED) is 0.346. The number of hydrogen-bond donors (Lipinski definition) is 1. The summed E-state index contributed by atoms with van der Waals surface area (Å²) in [7, 11) is 0. The minimum Gasteiger partial charge on any atom is -0.490 e. The Morgan fingerprint density at radius 1 is 0.778 bits per heavy atom. The van der Waals surface area contributed by atoms with Crippen LogP contribution in [0.2, 0.25) is 5.02 Å². The number of aliphatic hydroxyl groups is 1. The van der Waals surface area contributed by atoms with Crippen molar-refractivity contribution in [3.63, 3.8) is 0 Å². The summed E-state index contributed by atoms with van der Waals surface area (Å²) < 4.78 is 5.97. The normalized spacial score (nSPS) is 16.6. The summed E-state index contributed by atoms with van der Waals surface area (Å²) in [5.41, 5.74) is 3.50. The van der Waals surface area contributed by atoms with Crippen LogP contribution >= 0.6 is 11.6 Å². The summed E-state index contributed by atoms with van der Waals surface area (Å²) in [5.74, 6) is 1.06. The minimum absolute atomic E-state index is 0.265. The van der Waals surface area contributed by atoms with Crippen molar-refractivity contribution in [2.75, 3.05) is 45.9 Å². The molecule has 1 aliphatic heterocycles. The van der Waals surface area contributed by atoms with Gasteiger partial charge >= 0.3 is 0 Å². The molecule has 2 atom stereocenters. The van der Waals surface area contributed by atoms with E-state index in [1.807, 2.05) is 42.5 Å². The lowest BCUT2D eigenvalue weighted by molar-refractivity contribution is 0.0459. The van der Waals surface area contributed by atoms with E-state index in [-0.39, 0.29) is 6.61 Å². The molecule has 0 amide bonds. The summed E-state index contributed by atoms with van der Waals surface area (Å²) in [6.45, 7) is 5.63. The largest absolute Gasteiger partial charge is 0.490 e. The number of aliphatic hydroxyl groups excluding tert-OH is 1. The number of β-amino-alcohol motifs (C(OH)–C–C–N with tert-alkyl or cyclic N) is 1. The van der Waals surface area contributed by atoms with Crippen LogP contribution in [0.4, 0.5) is 0 Å². The number of benzene rings is 3. The van der Waals surface area contributed by atoms with E-state index in [4.69, 9.17) is 16.3 Å². The minimum atomic E-state index is -0.547. The molecule has 2 heterocycles. The molecule has 3 aromatic carbocycles. The number of nitrogens with zero attached hydrogens (tertiary/aromatic N) is 3. The highest BCUT2D eigenvalue weighted by atomic mass is 35.5. The van der Waals surface area contributed by atoms with Crippen molar-refractivity contribution < 1.29 is 9.84 Å². The average molecular weight is 502 g/mol. The average Bonchev–Trinajstić information content (AvgIpc) is 2.92. The number of piperazine rings is 1. The number of hydrogen-bond acceptors (Lipinski definition) is 5. The van der Waals surface area contributed by atoms with Crippen molar-refractivity contribution in [1.82, 2.24) is 14.8 Å². The zero-order valence-corrected chi connectivity index (χ0v) is 21.1. The maximum Gasteiger partial charge on any atom is 0.128 e. The van der Waals surface area contributed by atoms with E-state index in [9.17, 15) is 5.11 Å². The molecule has 0 saturated carbocycles. The first-order valence-corrected chi connectivity index (χ1v) is 12.9. The van der Waals surface area contributed by atoms with Gasteiger partial charge in [-0.1, -0.05) is 60.1 Å². The second-order valence-corrected chi connectivity index (χ2v) is 9.84. The number of halogens is 1. The van der Waals surface area contributed by atoms with Gasteiger partial charge in [-0.25, -0.2) is 0 Å². The van der Waals surface area contributed by atoms with Gasteiger partial charge in [-0.3, -0.25) is 14.8 Å². The maximum atomic E-state index is 10.7. The second-order valence-electron chi connectivity index (χ2n) is 9.41. The number of fused-ring (bicyclic) bond motifs is 1. The summed E-state index contributed by atoms with van der Waals surface area (Å²) in [6, 6.07) is 28.6. The van der Waals surface area contributed by atoms with E-state index in [1.165, 1.54) is 11.1 Å². The van der Waals surface area contributed by atoms with E-state index >= 15 is 0 Å². The second kappa shape index (κ2) is 11.8. The van der Waals surface area contributed by atoms with Gasteiger partial charge in [0.25, 0.3) is 0 Å². The first-order chi connectivity index (χ1) is 17.7. The Hall–Kier alpha value is -2.96. The number of aromatic nitrogens is 1. The Labute approximate surface area is 217 Å². The molecule has 5 rings (SSSR count). The molecule has 1 fully saturated rings. The first-order valence-electron chi connectivity index (χ1n) is 12.6. The van der Waals surface area contributed by atoms with Gasteiger partial charge in [0.1, 0.15) is 18.5 Å². The highest BCUT2D eigenvalue weighted by Crippen LogP contribution is 2.28. The van der Waals surface area contributed by atoms with Crippen LogP contribution in [-0.4, -0.2) is 71.9 Å². The molecule has 0 aliphatic carbocycles. The lowest BCUT2D eigenvalue weighted by Gasteiger charge is -2.37. The topological polar surface area (TPSA) is 48.8 Å². The van der Waals surface area contributed by atoms with Gasteiger partial charge in [0.05, 0.1) is 5.52 Å². The summed E-state index contributed by atoms with van der Waals surface area (Å²) in [5, 5.41) is 12.4. The van der Waals surface area contributed by atoms with Gasteiger partial charge in [0.15, 0.2) is 0 Å². The Balaban J connectivity index is 1.14. The molecule has 5 nitrogen and oxygen atoms in total. The lowest BCUT2D eigenvalue weighted by atomic mass is 9.90. The van der Waals surface area contributed by atoms with Crippen molar-refractivity contribution in [2.24, 2.45) is 0 Å². The highest BCUT2D eigenvalue weighted by molar-refractivity contribution is 6.30. The summed E-state index contributed by atoms with van der Waals surface area (Å²) in [6.07, 6.45) is 1.23. The van der Waals surface area contributed by atoms with Crippen molar-refractivity contribution in [3.8, 4) is 5.75 Å². The van der Waals surface area contributed by atoms with E-state index in [2.05, 4.69) is 57.2 Å². The van der Waals surface area contributed by atoms with E-state index < -0.39 is 6.10 Å². The third kappa shape index (κ3) is 6.23. The van der Waals surface area contributed by atoms with Crippen LogP contribution in [0.5, 0.6) is 5.75 Å². The molecule has 1 aliphatic rings. The van der Waals surface area contributed by atoms with Gasteiger partial charge < -0.3 is 9.84 Å². The standard InChI is InChI=1S/C30H32ClN3O2/c31-25-13-11-24(12-14-25)28(23-6-2-1-3-7-23)21-34-18-16-33(17-19-34)20-26(35)22-36-30-10-4-9-29-27(30)8-5-15-32-29/h1-15,26,28,35H,16-22H2. The van der Waals surface area contributed by atoms with Gasteiger partial charge in [0.2, 0.25) is 0 Å². The fraction of sp³-hybridized carbons (Fsp3) is 0.300. The number of pyridine rings is 1. The maximum absolute atomic E-state index is 10.7. The third-order valence-electron chi connectivity index (χ3n) is 6.89. The van der Waals surface area contributed by atoms with Crippen molar-refractivity contribution >= 4 is 22.5 Å². The molecule has 6 heteroatoms. The number of rotatable bonds is 9. The Morgan fingerprint density at radius 3 is 2.22 bits per heavy atom. The molecule has 36 heavy (non-hydrogen) atoms. The van der Waals surface area contributed by atoms with E-state index in [0.29, 0.717) is 12.5 Å². The Bertz CT molecular complexity index is 1240. The zero-order valence-electron chi connectivity index (χ0n) is 20.3. The number of ether oxygens (including phenoxy) is 1. The van der Waals surface area contributed by atoms with Crippen LogP contribution in [0.25, 0.3) is 10.9 Å². The van der Waals surface area contributed by atoms with Crippen LogP contribution in [0.15, 0.2) is 91.1 Å². The van der Waals surface area contributed by atoms with Crippen molar-refractivity contribution in [3.05, 3.63) is 107 Å². The molecule has 1 N–H and O–H groups in total. The SMILES string of the molecule is OC(COc1cccc2ncccc12)CN1CCN(CC(c2ccccc2)c2ccc(Cl)cc2)CC1. The molecule has 1 saturated heterocycles.